The number of aromatic nitrogens is 2. The number of anilines is 1. The van der Waals surface area contributed by atoms with E-state index in [-0.39, 0.29) is 5.41 Å². The number of nitrogens with zero attached hydrogens (tertiary/aromatic N) is 5. The van der Waals surface area contributed by atoms with Gasteiger partial charge < -0.3 is 9.80 Å². The van der Waals surface area contributed by atoms with Crippen LogP contribution in [0.25, 0.3) is 0 Å². The van der Waals surface area contributed by atoms with Crippen molar-refractivity contribution in [2.24, 2.45) is 5.41 Å². The molecule has 0 unspecified atom stereocenters. The Kier molecular flexibility index (Phi) is 2.01. The van der Waals surface area contributed by atoms with E-state index in [1.54, 1.807) is 11.1 Å². The summed E-state index contributed by atoms with van der Waals surface area (Å²) in [5.41, 5.74) is 0.607. The Balaban J connectivity index is 1.62. The van der Waals surface area contributed by atoms with Crippen molar-refractivity contribution in [2.75, 3.05) is 31.1 Å². The van der Waals surface area contributed by atoms with Gasteiger partial charge in [0.05, 0.1) is 12.4 Å². The van der Waals surface area contributed by atoms with E-state index in [2.05, 4.69) is 14.9 Å². The van der Waals surface area contributed by atoms with E-state index >= 15 is 0 Å². The molecule has 0 bridgehead atoms. The summed E-state index contributed by atoms with van der Waals surface area (Å²) >= 11 is 0. The average molecular weight is 229 g/mol. The van der Waals surface area contributed by atoms with Crippen LogP contribution in [0, 0.1) is 16.7 Å². The Morgan fingerprint density at radius 3 is 2.59 bits per heavy atom. The molecule has 1 spiro atoms. The first-order chi connectivity index (χ1) is 8.24. The van der Waals surface area contributed by atoms with Crippen LogP contribution in [0.4, 0.5) is 5.82 Å². The van der Waals surface area contributed by atoms with Gasteiger partial charge in [-0.1, -0.05) is 0 Å². The third-order valence-electron chi connectivity index (χ3n) is 3.36. The van der Waals surface area contributed by atoms with Crippen LogP contribution in [0.15, 0.2) is 12.4 Å². The second-order valence-corrected chi connectivity index (χ2v) is 4.74. The molecule has 17 heavy (non-hydrogen) atoms. The van der Waals surface area contributed by atoms with E-state index in [1.807, 2.05) is 6.07 Å². The molecule has 0 aliphatic carbocycles. The molecule has 0 N–H and O–H groups in total. The quantitative estimate of drug-likeness (QED) is 0.647. The summed E-state index contributed by atoms with van der Waals surface area (Å²) in [6.45, 7) is 3.52. The lowest BCUT2D eigenvalue weighted by Gasteiger charge is -2.59. The van der Waals surface area contributed by atoms with Crippen molar-refractivity contribution >= 4 is 12.2 Å². The van der Waals surface area contributed by atoms with Crippen molar-refractivity contribution in [1.82, 2.24) is 14.9 Å². The molecule has 3 rings (SSSR count). The Morgan fingerprint density at radius 1 is 1.29 bits per heavy atom. The Labute approximate surface area is 98.5 Å². The van der Waals surface area contributed by atoms with Crippen LogP contribution >= 0.6 is 0 Å². The van der Waals surface area contributed by atoms with Gasteiger partial charge in [-0.3, -0.25) is 4.79 Å². The summed E-state index contributed by atoms with van der Waals surface area (Å²) in [6.07, 6.45) is 4.01. The maximum atomic E-state index is 10.5. The molecule has 2 aliphatic heterocycles. The fourth-order valence-electron chi connectivity index (χ4n) is 2.56. The molecule has 1 aromatic heterocycles. The van der Waals surface area contributed by atoms with Gasteiger partial charge in [-0.05, 0) is 0 Å². The average Bonchev–Trinajstić information content (AvgIpc) is 2.27. The summed E-state index contributed by atoms with van der Waals surface area (Å²) in [5, 5.41) is 8.62. The van der Waals surface area contributed by atoms with Gasteiger partial charge in [0.15, 0.2) is 5.69 Å². The third-order valence-corrected chi connectivity index (χ3v) is 3.36. The Bertz CT molecular complexity index is 478. The van der Waals surface area contributed by atoms with E-state index < -0.39 is 0 Å². The lowest BCUT2D eigenvalue weighted by molar-refractivity contribution is -0.131. The Morgan fingerprint density at radius 2 is 2.06 bits per heavy atom. The highest BCUT2D eigenvalue weighted by molar-refractivity contribution is 5.52. The van der Waals surface area contributed by atoms with E-state index in [1.165, 1.54) is 6.20 Å². The molecule has 0 radical (unpaired) electrons. The lowest BCUT2D eigenvalue weighted by atomic mass is 9.73. The third kappa shape index (κ3) is 1.51. The number of hydrogen-bond acceptors (Lipinski definition) is 5. The molecule has 2 saturated heterocycles. The van der Waals surface area contributed by atoms with Gasteiger partial charge in [0.25, 0.3) is 0 Å². The molecule has 0 saturated carbocycles. The van der Waals surface area contributed by atoms with E-state index in [4.69, 9.17) is 5.26 Å². The smallest absolute Gasteiger partial charge is 0.209 e. The minimum absolute atomic E-state index is 0.274. The van der Waals surface area contributed by atoms with Gasteiger partial charge in [0, 0.05) is 31.6 Å². The monoisotopic (exact) mass is 229 g/mol. The number of carbonyl (C=O) groups is 1. The zero-order valence-corrected chi connectivity index (χ0v) is 9.20. The predicted molar refractivity (Wildman–Crippen MR) is 59.0 cm³/mol. The molecule has 0 aromatic carbocycles. The molecule has 1 amide bonds. The molecular formula is C11H11N5O. The maximum absolute atomic E-state index is 10.5. The summed E-state index contributed by atoms with van der Waals surface area (Å²) in [6, 6.07) is 1.94. The molecule has 1 aromatic rings. The molecule has 2 aliphatic rings. The molecular weight excluding hydrogens is 218 g/mol. The molecule has 86 valence electrons. The largest absolute Gasteiger partial charge is 0.354 e. The van der Waals surface area contributed by atoms with Gasteiger partial charge in [-0.2, -0.15) is 5.26 Å². The van der Waals surface area contributed by atoms with Crippen LogP contribution in [-0.2, 0) is 4.79 Å². The van der Waals surface area contributed by atoms with Gasteiger partial charge in [0.2, 0.25) is 6.41 Å². The zero-order chi connectivity index (χ0) is 11.9. The van der Waals surface area contributed by atoms with E-state index in [0.29, 0.717) is 5.69 Å². The van der Waals surface area contributed by atoms with Crippen LogP contribution in [0.3, 0.4) is 0 Å². The number of carbonyl (C=O) groups excluding carboxylic acids is 1. The number of amides is 1. The minimum Gasteiger partial charge on any atom is -0.354 e. The second-order valence-electron chi connectivity index (χ2n) is 4.74. The summed E-state index contributed by atoms with van der Waals surface area (Å²) < 4.78 is 0. The minimum atomic E-state index is 0.274. The van der Waals surface area contributed by atoms with Crippen LogP contribution in [-0.4, -0.2) is 47.5 Å². The summed E-state index contributed by atoms with van der Waals surface area (Å²) in [5.74, 6) is 0.805. The van der Waals surface area contributed by atoms with Crippen molar-refractivity contribution in [3.63, 3.8) is 0 Å². The fraction of sp³-hybridized carbons (Fsp3) is 0.455. The number of hydrogen-bond donors (Lipinski definition) is 0. The van der Waals surface area contributed by atoms with Gasteiger partial charge in [0.1, 0.15) is 11.9 Å². The van der Waals surface area contributed by atoms with E-state index in [9.17, 15) is 4.79 Å². The summed E-state index contributed by atoms with van der Waals surface area (Å²) in [7, 11) is 0. The standard InChI is InChI=1S/C11H11N5O/c12-1-9-2-14-10(3-13-9)16-6-11(7-16)4-15(5-11)8-17/h2-3,8H,4-7H2. The fourth-order valence-corrected chi connectivity index (χ4v) is 2.56. The molecule has 0 atom stereocenters. The lowest BCUT2D eigenvalue weighted by Crippen LogP contribution is -2.72. The molecule has 3 heterocycles. The first-order valence-electron chi connectivity index (χ1n) is 5.41. The first kappa shape index (κ1) is 10.0. The van der Waals surface area contributed by atoms with Crippen molar-refractivity contribution in [3.05, 3.63) is 18.1 Å². The number of rotatable bonds is 2. The van der Waals surface area contributed by atoms with E-state index in [0.717, 1.165) is 38.4 Å². The van der Waals surface area contributed by atoms with Crippen molar-refractivity contribution in [3.8, 4) is 6.07 Å². The molecule has 6 nitrogen and oxygen atoms in total. The van der Waals surface area contributed by atoms with Crippen LogP contribution in [0.1, 0.15) is 5.69 Å². The van der Waals surface area contributed by atoms with Crippen molar-refractivity contribution in [1.29, 1.82) is 5.26 Å². The van der Waals surface area contributed by atoms with Crippen molar-refractivity contribution < 1.29 is 4.79 Å². The SMILES string of the molecule is N#Cc1cnc(N2CC3(CN(C=O)C3)C2)cn1. The predicted octanol–water partition coefficient (Wildman–Crippen LogP) is -0.373. The zero-order valence-electron chi connectivity index (χ0n) is 9.20. The first-order valence-corrected chi connectivity index (χ1v) is 5.41. The highest BCUT2D eigenvalue weighted by Gasteiger charge is 2.51. The topological polar surface area (TPSA) is 73.1 Å². The maximum Gasteiger partial charge on any atom is 0.209 e. The second kappa shape index (κ2) is 3.42. The molecule has 2 fully saturated rings. The van der Waals surface area contributed by atoms with Crippen LogP contribution in [0.2, 0.25) is 0 Å². The normalized spacial score (nSPS) is 20.4. The van der Waals surface area contributed by atoms with Gasteiger partial charge in [-0.15, -0.1) is 0 Å². The van der Waals surface area contributed by atoms with Crippen molar-refractivity contribution in [2.45, 2.75) is 0 Å². The Hall–Kier alpha value is -2.16. The molecule has 6 heteroatoms. The summed E-state index contributed by atoms with van der Waals surface area (Å²) in [4.78, 5) is 22.6. The number of likely N-dealkylation sites (tertiary alicyclic amines) is 1. The van der Waals surface area contributed by atoms with Gasteiger partial charge >= 0.3 is 0 Å². The number of nitriles is 1. The highest BCUT2D eigenvalue weighted by Crippen LogP contribution is 2.40. The highest BCUT2D eigenvalue weighted by atomic mass is 16.1. The van der Waals surface area contributed by atoms with Crippen LogP contribution < -0.4 is 4.90 Å². The van der Waals surface area contributed by atoms with Crippen LogP contribution in [0.5, 0.6) is 0 Å². The van der Waals surface area contributed by atoms with Gasteiger partial charge in [-0.25, -0.2) is 9.97 Å².